The van der Waals surface area contributed by atoms with E-state index in [1.807, 2.05) is 48.5 Å². The van der Waals surface area contributed by atoms with E-state index in [9.17, 15) is 19.5 Å². The van der Waals surface area contributed by atoms with E-state index in [1.165, 1.54) is 6.08 Å². The zero-order valence-corrected chi connectivity index (χ0v) is 16.2. The maximum Gasteiger partial charge on any atom is 0.408 e. The average molecular weight is 410 g/mol. The second kappa shape index (κ2) is 9.60. The van der Waals surface area contributed by atoms with Crippen molar-refractivity contribution in [2.24, 2.45) is 0 Å². The number of ether oxygens (including phenoxy) is 2. The second-order valence-corrected chi connectivity index (χ2v) is 6.63. The summed E-state index contributed by atoms with van der Waals surface area (Å²) in [6.07, 6.45) is -0.342. The van der Waals surface area contributed by atoms with Crippen molar-refractivity contribution < 1.29 is 29.0 Å². The van der Waals surface area contributed by atoms with Gasteiger partial charge in [0, 0.05) is 5.92 Å². The molecule has 3 N–H and O–H groups in total. The van der Waals surface area contributed by atoms with Crippen LogP contribution in [0.25, 0.3) is 11.1 Å². The van der Waals surface area contributed by atoms with Gasteiger partial charge in [0.2, 0.25) is 0 Å². The van der Waals surface area contributed by atoms with Crippen LogP contribution in [-0.4, -0.2) is 49.1 Å². The second-order valence-electron chi connectivity index (χ2n) is 6.63. The summed E-state index contributed by atoms with van der Waals surface area (Å²) in [6, 6.07) is 14.5. The van der Waals surface area contributed by atoms with Crippen LogP contribution in [-0.2, 0) is 14.3 Å². The molecule has 0 bridgehead atoms. The molecule has 0 spiro atoms. The number of carbonyl (C=O) groups excluding carboxylic acids is 2. The Morgan fingerprint density at radius 3 is 2.17 bits per heavy atom. The fraction of sp³-hybridized carbons (Fsp3) is 0.227. The molecule has 8 heteroatoms. The number of fused-ring (bicyclic) bond motifs is 3. The molecule has 0 aliphatic heterocycles. The van der Waals surface area contributed by atoms with Gasteiger partial charge in [0.1, 0.15) is 19.3 Å². The SMILES string of the molecule is C=CCOC(=O)NC(CNC(=O)OCC1c2ccccc2-c2ccccc21)C(=O)O. The number of hydrogen-bond acceptors (Lipinski definition) is 5. The molecule has 2 aromatic rings. The predicted octanol–water partition coefficient (Wildman–Crippen LogP) is 2.89. The molecule has 0 radical (unpaired) electrons. The van der Waals surface area contributed by atoms with Crippen molar-refractivity contribution in [2.45, 2.75) is 12.0 Å². The van der Waals surface area contributed by atoms with Crippen LogP contribution in [0, 0.1) is 0 Å². The molecule has 156 valence electrons. The van der Waals surface area contributed by atoms with E-state index in [0.717, 1.165) is 22.3 Å². The molecule has 0 fully saturated rings. The Kier molecular flexibility index (Phi) is 6.69. The summed E-state index contributed by atoms with van der Waals surface area (Å²) in [5.74, 6) is -1.42. The smallest absolute Gasteiger partial charge is 0.408 e. The zero-order chi connectivity index (χ0) is 21.5. The van der Waals surface area contributed by atoms with Crippen LogP contribution in [0.1, 0.15) is 17.0 Å². The highest BCUT2D eigenvalue weighted by Gasteiger charge is 2.29. The molecule has 1 atom stereocenters. The average Bonchev–Trinajstić information content (AvgIpc) is 3.07. The van der Waals surface area contributed by atoms with Crippen molar-refractivity contribution in [3.63, 3.8) is 0 Å². The first-order valence-corrected chi connectivity index (χ1v) is 9.37. The van der Waals surface area contributed by atoms with Gasteiger partial charge >= 0.3 is 18.2 Å². The van der Waals surface area contributed by atoms with Crippen molar-refractivity contribution in [3.05, 3.63) is 72.3 Å². The molecular formula is C22H22N2O6. The monoisotopic (exact) mass is 410 g/mol. The van der Waals surface area contributed by atoms with Crippen LogP contribution in [0.2, 0.25) is 0 Å². The molecule has 3 rings (SSSR count). The molecule has 8 nitrogen and oxygen atoms in total. The summed E-state index contributed by atoms with van der Waals surface area (Å²) < 4.78 is 10.0. The summed E-state index contributed by atoms with van der Waals surface area (Å²) in [7, 11) is 0. The summed E-state index contributed by atoms with van der Waals surface area (Å²) in [5.41, 5.74) is 4.36. The number of benzene rings is 2. The molecule has 1 aliphatic carbocycles. The van der Waals surface area contributed by atoms with Crippen molar-refractivity contribution in [1.82, 2.24) is 10.6 Å². The van der Waals surface area contributed by atoms with Gasteiger partial charge in [-0.15, -0.1) is 0 Å². The first-order chi connectivity index (χ1) is 14.5. The summed E-state index contributed by atoms with van der Waals surface area (Å²) in [5, 5.41) is 13.7. The Morgan fingerprint density at radius 2 is 1.60 bits per heavy atom. The first kappa shape index (κ1) is 20.9. The third kappa shape index (κ3) is 4.78. The highest BCUT2D eigenvalue weighted by Crippen LogP contribution is 2.44. The largest absolute Gasteiger partial charge is 0.480 e. The standard InChI is InChI=1S/C22H22N2O6/c1-2-11-29-22(28)24-19(20(25)26)12-23-21(27)30-13-18-16-9-5-3-7-14(16)15-8-4-6-10-17(15)18/h2-10,18-19H,1,11-13H2,(H,23,27)(H,24,28)(H,25,26). The molecule has 1 unspecified atom stereocenters. The van der Waals surface area contributed by atoms with E-state index in [-0.39, 0.29) is 25.7 Å². The Hall–Kier alpha value is -3.81. The van der Waals surface area contributed by atoms with E-state index >= 15 is 0 Å². The zero-order valence-electron chi connectivity index (χ0n) is 16.2. The topological polar surface area (TPSA) is 114 Å². The predicted molar refractivity (Wildman–Crippen MR) is 109 cm³/mol. The number of carboxylic acid groups (broad SMARTS) is 1. The number of carboxylic acids is 1. The van der Waals surface area contributed by atoms with Gasteiger partial charge in [0.25, 0.3) is 0 Å². The fourth-order valence-corrected chi connectivity index (χ4v) is 3.35. The first-order valence-electron chi connectivity index (χ1n) is 9.37. The van der Waals surface area contributed by atoms with E-state index in [0.29, 0.717) is 0 Å². The summed E-state index contributed by atoms with van der Waals surface area (Å²) in [6.45, 7) is 3.09. The lowest BCUT2D eigenvalue weighted by molar-refractivity contribution is -0.139. The lowest BCUT2D eigenvalue weighted by Crippen LogP contribution is -2.48. The highest BCUT2D eigenvalue weighted by molar-refractivity contribution is 5.81. The van der Waals surface area contributed by atoms with Crippen LogP contribution in [0.3, 0.4) is 0 Å². The molecule has 1 aliphatic rings. The normalized spacial score (nSPS) is 12.8. The Morgan fingerprint density at radius 1 is 1.00 bits per heavy atom. The maximum atomic E-state index is 12.1. The van der Waals surface area contributed by atoms with Crippen LogP contribution in [0.5, 0.6) is 0 Å². The quantitative estimate of drug-likeness (QED) is 0.577. The lowest BCUT2D eigenvalue weighted by Gasteiger charge is -2.17. The Balaban J connectivity index is 1.56. The molecule has 2 amide bonds. The molecular weight excluding hydrogens is 388 g/mol. The molecule has 0 heterocycles. The van der Waals surface area contributed by atoms with Crippen molar-refractivity contribution >= 4 is 18.2 Å². The van der Waals surface area contributed by atoms with Crippen LogP contribution >= 0.6 is 0 Å². The van der Waals surface area contributed by atoms with Gasteiger partial charge in [-0.2, -0.15) is 0 Å². The number of rotatable bonds is 8. The Labute approximate surface area is 173 Å². The van der Waals surface area contributed by atoms with Gasteiger partial charge in [0.05, 0.1) is 6.54 Å². The number of carbonyl (C=O) groups is 3. The molecule has 0 saturated carbocycles. The maximum absolute atomic E-state index is 12.1. The Bertz CT molecular complexity index is 913. The number of alkyl carbamates (subject to hydrolysis) is 2. The van der Waals surface area contributed by atoms with Gasteiger partial charge in [0.15, 0.2) is 0 Å². The number of aliphatic carboxylic acids is 1. The van der Waals surface area contributed by atoms with Crippen molar-refractivity contribution in [2.75, 3.05) is 19.8 Å². The number of hydrogen-bond donors (Lipinski definition) is 3. The minimum Gasteiger partial charge on any atom is -0.480 e. The van der Waals surface area contributed by atoms with Gasteiger partial charge in [-0.05, 0) is 22.3 Å². The molecule has 2 aromatic carbocycles. The third-order valence-corrected chi connectivity index (χ3v) is 4.72. The van der Waals surface area contributed by atoms with Gasteiger partial charge in [-0.1, -0.05) is 61.2 Å². The van der Waals surface area contributed by atoms with Gasteiger partial charge in [-0.3, -0.25) is 0 Å². The van der Waals surface area contributed by atoms with Crippen LogP contribution < -0.4 is 10.6 Å². The minimum atomic E-state index is -1.36. The van der Waals surface area contributed by atoms with E-state index in [2.05, 4.69) is 21.9 Å². The summed E-state index contributed by atoms with van der Waals surface area (Å²) >= 11 is 0. The van der Waals surface area contributed by atoms with Crippen LogP contribution in [0.15, 0.2) is 61.2 Å². The lowest BCUT2D eigenvalue weighted by atomic mass is 9.98. The third-order valence-electron chi connectivity index (χ3n) is 4.72. The highest BCUT2D eigenvalue weighted by atomic mass is 16.6. The minimum absolute atomic E-state index is 0.0576. The molecule has 0 aromatic heterocycles. The van der Waals surface area contributed by atoms with Gasteiger partial charge in [-0.25, -0.2) is 14.4 Å². The van der Waals surface area contributed by atoms with Crippen LogP contribution in [0.4, 0.5) is 9.59 Å². The van der Waals surface area contributed by atoms with E-state index < -0.39 is 24.2 Å². The van der Waals surface area contributed by atoms with E-state index in [1.54, 1.807) is 0 Å². The molecule has 0 saturated heterocycles. The molecule has 30 heavy (non-hydrogen) atoms. The number of amides is 2. The van der Waals surface area contributed by atoms with Crippen molar-refractivity contribution in [1.29, 1.82) is 0 Å². The van der Waals surface area contributed by atoms with E-state index in [4.69, 9.17) is 4.74 Å². The van der Waals surface area contributed by atoms with Gasteiger partial charge < -0.3 is 25.2 Å². The fourth-order valence-electron chi connectivity index (χ4n) is 3.35. The summed E-state index contributed by atoms with van der Waals surface area (Å²) in [4.78, 5) is 34.9. The number of nitrogens with one attached hydrogen (secondary N) is 2. The van der Waals surface area contributed by atoms with Crippen molar-refractivity contribution in [3.8, 4) is 11.1 Å².